The highest BCUT2D eigenvalue weighted by atomic mass is 32.2. The average molecular weight is 354 g/mol. The first-order valence-corrected chi connectivity index (χ1v) is 9.85. The van der Waals surface area contributed by atoms with Crippen molar-refractivity contribution in [2.45, 2.75) is 18.9 Å². The van der Waals surface area contributed by atoms with E-state index >= 15 is 0 Å². The van der Waals surface area contributed by atoms with Gasteiger partial charge in [-0.05, 0) is 25.6 Å². The van der Waals surface area contributed by atoms with Crippen LogP contribution >= 0.6 is 0 Å². The van der Waals surface area contributed by atoms with Gasteiger partial charge in [0.1, 0.15) is 0 Å². The number of hydrogen-bond donors (Lipinski definition) is 1. The molecule has 1 aromatic rings. The van der Waals surface area contributed by atoms with Gasteiger partial charge in [0.2, 0.25) is 5.91 Å². The fourth-order valence-corrected chi connectivity index (χ4v) is 4.73. The maximum absolute atomic E-state index is 12.2. The summed E-state index contributed by atoms with van der Waals surface area (Å²) in [5.74, 6) is 1.45. The van der Waals surface area contributed by atoms with Gasteiger partial charge in [0.05, 0.1) is 31.3 Å². The molecule has 1 aromatic carbocycles. The number of likely N-dealkylation sites (N-methyl/N-ethyl adjacent to an activating group) is 1. The summed E-state index contributed by atoms with van der Waals surface area (Å²) in [6, 6.07) is 5.21. The minimum atomic E-state index is -2.95. The van der Waals surface area contributed by atoms with Crippen molar-refractivity contribution in [1.29, 1.82) is 0 Å². The summed E-state index contributed by atoms with van der Waals surface area (Å²) in [6.45, 7) is 1.35. The zero-order valence-corrected chi connectivity index (χ0v) is 14.5. The van der Waals surface area contributed by atoms with Crippen molar-refractivity contribution in [2.75, 3.05) is 43.6 Å². The number of fused-ring (bicyclic) bond motifs is 1. The van der Waals surface area contributed by atoms with Crippen LogP contribution in [0.1, 0.15) is 12.8 Å². The standard InChI is InChI=1S/C16H22N2O5S/c1-18(13-5-8-24(20,21)11-13)10-16(19)17-12-3-4-14-15(9-12)23-7-2-6-22-14/h3-4,9,13H,2,5-8,10-11H2,1H3,(H,17,19)/t13-/m0/s1. The van der Waals surface area contributed by atoms with Crippen LogP contribution in [-0.2, 0) is 14.6 Å². The number of benzene rings is 1. The Morgan fingerprint density at radius 3 is 2.75 bits per heavy atom. The third-order valence-corrected chi connectivity index (χ3v) is 6.01. The summed E-state index contributed by atoms with van der Waals surface area (Å²) < 4.78 is 34.2. The molecular weight excluding hydrogens is 332 g/mol. The van der Waals surface area contributed by atoms with E-state index in [1.54, 1.807) is 30.1 Å². The third-order valence-electron chi connectivity index (χ3n) is 4.26. The van der Waals surface area contributed by atoms with E-state index in [0.717, 1.165) is 6.42 Å². The molecule has 3 rings (SSSR count). The number of hydrogen-bond acceptors (Lipinski definition) is 6. The van der Waals surface area contributed by atoms with E-state index in [0.29, 0.717) is 36.8 Å². The lowest BCUT2D eigenvalue weighted by molar-refractivity contribution is -0.117. The first-order chi connectivity index (χ1) is 11.4. The smallest absolute Gasteiger partial charge is 0.238 e. The van der Waals surface area contributed by atoms with Crippen molar-refractivity contribution in [3.63, 3.8) is 0 Å². The molecule has 1 amide bonds. The van der Waals surface area contributed by atoms with Gasteiger partial charge < -0.3 is 14.8 Å². The van der Waals surface area contributed by atoms with E-state index in [9.17, 15) is 13.2 Å². The van der Waals surface area contributed by atoms with Gasteiger partial charge in [0, 0.05) is 24.2 Å². The first kappa shape index (κ1) is 17.0. The number of nitrogens with one attached hydrogen (secondary N) is 1. The zero-order chi connectivity index (χ0) is 17.2. The third kappa shape index (κ3) is 4.18. The van der Waals surface area contributed by atoms with E-state index in [4.69, 9.17) is 9.47 Å². The predicted octanol–water partition coefficient (Wildman–Crippen LogP) is 0.905. The number of ether oxygens (including phenoxy) is 2. The van der Waals surface area contributed by atoms with Crippen molar-refractivity contribution in [2.24, 2.45) is 0 Å². The van der Waals surface area contributed by atoms with Crippen LogP contribution in [0.25, 0.3) is 0 Å². The Kier molecular flexibility index (Phi) is 4.96. The predicted molar refractivity (Wildman–Crippen MR) is 90.4 cm³/mol. The molecule has 132 valence electrons. The van der Waals surface area contributed by atoms with Gasteiger partial charge in [0.25, 0.3) is 0 Å². The Morgan fingerprint density at radius 1 is 1.29 bits per heavy atom. The summed E-state index contributed by atoms with van der Waals surface area (Å²) in [7, 11) is -1.18. The molecule has 1 fully saturated rings. The monoisotopic (exact) mass is 354 g/mol. The molecule has 2 aliphatic heterocycles. The van der Waals surface area contributed by atoms with E-state index in [-0.39, 0.29) is 30.0 Å². The van der Waals surface area contributed by atoms with Gasteiger partial charge in [-0.15, -0.1) is 0 Å². The van der Waals surface area contributed by atoms with Gasteiger partial charge in [-0.25, -0.2) is 8.42 Å². The highest BCUT2D eigenvalue weighted by molar-refractivity contribution is 7.91. The summed E-state index contributed by atoms with van der Waals surface area (Å²) in [5, 5.41) is 2.82. The van der Waals surface area contributed by atoms with Gasteiger partial charge >= 0.3 is 0 Å². The van der Waals surface area contributed by atoms with Crippen molar-refractivity contribution in [3.05, 3.63) is 18.2 Å². The molecule has 0 aromatic heterocycles. The second kappa shape index (κ2) is 6.98. The lowest BCUT2D eigenvalue weighted by Crippen LogP contribution is -2.38. The van der Waals surface area contributed by atoms with Crippen molar-refractivity contribution >= 4 is 21.4 Å². The molecule has 0 bridgehead atoms. The molecule has 0 aliphatic carbocycles. The maximum atomic E-state index is 12.2. The van der Waals surface area contributed by atoms with Crippen LogP contribution < -0.4 is 14.8 Å². The van der Waals surface area contributed by atoms with Crippen molar-refractivity contribution < 1.29 is 22.7 Å². The molecule has 2 heterocycles. The first-order valence-electron chi connectivity index (χ1n) is 8.03. The topological polar surface area (TPSA) is 84.9 Å². The molecule has 0 saturated carbocycles. The van der Waals surface area contributed by atoms with Crippen LogP contribution in [-0.4, -0.2) is 63.6 Å². The minimum absolute atomic E-state index is 0.0930. The molecule has 1 N–H and O–H groups in total. The number of sulfone groups is 1. The van der Waals surface area contributed by atoms with Crippen LogP contribution in [0.5, 0.6) is 11.5 Å². The second-order valence-corrected chi connectivity index (χ2v) is 8.46. The molecule has 0 spiro atoms. The summed E-state index contributed by atoms with van der Waals surface area (Å²) in [6.07, 6.45) is 1.40. The lowest BCUT2D eigenvalue weighted by Gasteiger charge is -2.22. The van der Waals surface area contributed by atoms with Crippen LogP contribution in [0.15, 0.2) is 18.2 Å². The van der Waals surface area contributed by atoms with Crippen molar-refractivity contribution in [1.82, 2.24) is 4.90 Å². The van der Waals surface area contributed by atoms with Crippen LogP contribution in [0, 0.1) is 0 Å². The molecule has 24 heavy (non-hydrogen) atoms. The van der Waals surface area contributed by atoms with E-state index in [1.807, 2.05) is 0 Å². The number of amides is 1. The van der Waals surface area contributed by atoms with Crippen molar-refractivity contribution in [3.8, 4) is 11.5 Å². The fourth-order valence-electron chi connectivity index (χ4n) is 2.92. The highest BCUT2D eigenvalue weighted by Gasteiger charge is 2.31. The molecule has 2 aliphatic rings. The van der Waals surface area contributed by atoms with Crippen LogP contribution in [0.3, 0.4) is 0 Å². The van der Waals surface area contributed by atoms with Gasteiger partial charge in [-0.3, -0.25) is 9.69 Å². The Morgan fingerprint density at radius 2 is 2.04 bits per heavy atom. The number of rotatable bonds is 4. The molecule has 1 atom stereocenters. The molecule has 0 unspecified atom stereocenters. The minimum Gasteiger partial charge on any atom is -0.490 e. The SMILES string of the molecule is CN(CC(=O)Nc1ccc2c(c1)OCCCO2)[C@H]1CCS(=O)(=O)C1. The zero-order valence-electron chi connectivity index (χ0n) is 13.7. The Balaban J connectivity index is 1.58. The van der Waals surface area contributed by atoms with Gasteiger partial charge in [-0.1, -0.05) is 0 Å². The van der Waals surface area contributed by atoms with Gasteiger partial charge in [-0.2, -0.15) is 0 Å². The number of nitrogens with zero attached hydrogens (tertiary/aromatic N) is 1. The van der Waals surface area contributed by atoms with Gasteiger partial charge in [0.15, 0.2) is 21.3 Å². The lowest BCUT2D eigenvalue weighted by atomic mass is 10.2. The summed E-state index contributed by atoms with van der Waals surface area (Å²) in [4.78, 5) is 14.0. The summed E-state index contributed by atoms with van der Waals surface area (Å²) in [5.41, 5.74) is 0.636. The molecule has 1 saturated heterocycles. The Bertz CT molecular complexity index is 719. The Hall–Kier alpha value is -1.80. The Labute approximate surface area is 141 Å². The number of carbonyl (C=O) groups is 1. The van der Waals surface area contributed by atoms with Crippen LogP contribution in [0.4, 0.5) is 5.69 Å². The quantitative estimate of drug-likeness (QED) is 0.865. The van der Waals surface area contributed by atoms with Crippen LogP contribution in [0.2, 0.25) is 0 Å². The highest BCUT2D eigenvalue weighted by Crippen LogP contribution is 2.32. The normalized spacial score (nSPS) is 22.2. The molecule has 7 nitrogen and oxygen atoms in total. The molecule has 0 radical (unpaired) electrons. The molecule has 8 heteroatoms. The van der Waals surface area contributed by atoms with E-state index < -0.39 is 9.84 Å². The average Bonchev–Trinajstić information content (AvgIpc) is 2.74. The number of anilines is 1. The number of carbonyl (C=O) groups excluding carboxylic acids is 1. The summed E-state index contributed by atoms with van der Waals surface area (Å²) >= 11 is 0. The van der Waals surface area contributed by atoms with E-state index in [2.05, 4.69) is 5.32 Å². The fraction of sp³-hybridized carbons (Fsp3) is 0.562. The largest absolute Gasteiger partial charge is 0.490 e. The van der Waals surface area contributed by atoms with E-state index in [1.165, 1.54) is 0 Å². The molecular formula is C16H22N2O5S. The second-order valence-electron chi connectivity index (χ2n) is 6.23. The maximum Gasteiger partial charge on any atom is 0.238 e.